The second-order valence-electron chi connectivity index (χ2n) is 3.13. The van der Waals surface area contributed by atoms with Gasteiger partial charge in [-0.2, -0.15) is 0 Å². The number of aromatic nitrogens is 2. The average molecular weight is 344 g/mol. The third kappa shape index (κ3) is 2.76. The Morgan fingerprint density at radius 1 is 1.29 bits per heavy atom. The molecule has 0 fully saturated rings. The van der Waals surface area contributed by atoms with Crippen LogP contribution in [0.2, 0.25) is 0 Å². The number of aromatic amines is 1. The van der Waals surface area contributed by atoms with Gasteiger partial charge in [0.1, 0.15) is 5.75 Å². The molecule has 0 bridgehead atoms. The zero-order chi connectivity index (χ0) is 12.3. The van der Waals surface area contributed by atoms with E-state index < -0.39 is 0 Å². The van der Waals surface area contributed by atoms with Gasteiger partial charge in [0.25, 0.3) is 11.4 Å². The average Bonchev–Trinajstić information content (AvgIpc) is 2.32. The molecule has 1 aromatic carbocycles. The fourth-order valence-electron chi connectivity index (χ4n) is 1.24. The lowest BCUT2D eigenvalue weighted by atomic mass is 10.3. The minimum Gasteiger partial charge on any atom is -0.487 e. The van der Waals surface area contributed by atoms with E-state index in [1.165, 1.54) is 13.4 Å². The summed E-state index contributed by atoms with van der Waals surface area (Å²) in [5, 5.41) is 0. The maximum absolute atomic E-state index is 11.4. The van der Waals surface area contributed by atoms with Crippen molar-refractivity contribution >= 4 is 22.6 Å². The Labute approximate surface area is 111 Å². The van der Waals surface area contributed by atoms with E-state index >= 15 is 0 Å². The molecule has 0 saturated carbocycles. The summed E-state index contributed by atoms with van der Waals surface area (Å²) in [7, 11) is 1.40. The molecule has 1 aromatic heterocycles. The van der Waals surface area contributed by atoms with Crippen molar-refractivity contribution in [2.45, 2.75) is 0 Å². The molecule has 6 heteroatoms. The quantitative estimate of drug-likeness (QED) is 0.867. The molecular weight excluding hydrogens is 335 g/mol. The van der Waals surface area contributed by atoms with Crippen LogP contribution in [0, 0.1) is 3.57 Å². The number of benzene rings is 1. The van der Waals surface area contributed by atoms with Crippen molar-refractivity contribution in [3.05, 3.63) is 44.5 Å². The highest BCUT2D eigenvalue weighted by Gasteiger charge is 2.10. The number of halogens is 1. The summed E-state index contributed by atoms with van der Waals surface area (Å²) in [6, 6.07) is 7.39. The lowest BCUT2D eigenvalue weighted by Crippen LogP contribution is -2.10. The third-order valence-electron chi connectivity index (χ3n) is 2.01. The number of nitrogens with zero attached hydrogens (tertiary/aromatic N) is 1. The molecule has 0 radical (unpaired) electrons. The number of methoxy groups -OCH3 is 1. The molecule has 0 amide bonds. The van der Waals surface area contributed by atoms with Gasteiger partial charge in [-0.05, 0) is 46.9 Å². The van der Waals surface area contributed by atoms with Crippen molar-refractivity contribution in [2.75, 3.05) is 7.11 Å². The van der Waals surface area contributed by atoms with Crippen LogP contribution in [0.3, 0.4) is 0 Å². The van der Waals surface area contributed by atoms with Gasteiger partial charge in [-0.15, -0.1) is 0 Å². The van der Waals surface area contributed by atoms with E-state index in [9.17, 15) is 4.79 Å². The smallest absolute Gasteiger partial charge is 0.297 e. The molecule has 88 valence electrons. The van der Waals surface area contributed by atoms with Crippen molar-refractivity contribution < 1.29 is 9.47 Å². The normalized spacial score (nSPS) is 10.0. The minimum absolute atomic E-state index is 0.0612. The Morgan fingerprint density at radius 2 is 2.00 bits per heavy atom. The molecule has 5 nitrogen and oxygen atoms in total. The Kier molecular flexibility index (Phi) is 3.62. The monoisotopic (exact) mass is 344 g/mol. The van der Waals surface area contributed by atoms with E-state index in [1.54, 1.807) is 12.1 Å². The van der Waals surface area contributed by atoms with Gasteiger partial charge in [-0.1, -0.05) is 0 Å². The summed E-state index contributed by atoms with van der Waals surface area (Å²) in [6.45, 7) is 0. The van der Waals surface area contributed by atoms with E-state index in [-0.39, 0.29) is 17.2 Å². The molecule has 0 unspecified atom stereocenters. The molecule has 0 aliphatic rings. The maximum atomic E-state index is 11.4. The predicted molar refractivity (Wildman–Crippen MR) is 70.6 cm³/mol. The molecule has 2 aromatic rings. The van der Waals surface area contributed by atoms with E-state index in [4.69, 9.17) is 9.47 Å². The van der Waals surface area contributed by atoms with Crippen LogP contribution in [-0.4, -0.2) is 17.1 Å². The molecule has 1 heterocycles. The van der Waals surface area contributed by atoms with Crippen LogP contribution in [0.15, 0.2) is 35.4 Å². The van der Waals surface area contributed by atoms with Gasteiger partial charge in [-0.3, -0.25) is 4.79 Å². The van der Waals surface area contributed by atoms with Gasteiger partial charge in [0.15, 0.2) is 0 Å². The number of hydrogen-bond acceptors (Lipinski definition) is 4. The summed E-state index contributed by atoms with van der Waals surface area (Å²) in [5.74, 6) is 0.810. The standard InChI is InChI=1S/C11H9IN2O3/c1-16-9-10(15)13-6-14-11(9)17-8-4-2-7(12)3-5-8/h2-6H,1H3,(H,13,14,15). The Morgan fingerprint density at radius 3 is 2.65 bits per heavy atom. The van der Waals surface area contributed by atoms with Crippen LogP contribution in [0.1, 0.15) is 0 Å². The first-order chi connectivity index (χ1) is 8.20. The van der Waals surface area contributed by atoms with E-state index in [0.29, 0.717) is 5.75 Å². The fraction of sp³-hybridized carbons (Fsp3) is 0.0909. The van der Waals surface area contributed by atoms with E-state index in [1.807, 2.05) is 12.1 Å². The Bertz CT molecular complexity index is 566. The van der Waals surface area contributed by atoms with Gasteiger partial charge in [0.05, 0.1) is 13.4 Å². The van der Waals surface area contributed by atoms with Crippen molar-refractivity contribution in [2.24, 2.45) is 0 Å². The molecular formula is C11H9IN2O3. The lowest BCUT2D eigenvalue weighted by molar-refractivity contribution is 0.363. The number of ether oxygens (including phenoxy) is 2. The molecule has 1 N–H and O–H groups in total. The summed E-state index contributed by atoms with van der Waals surface area (Å²) in [5.41, 5.74) is -0.372. The van der Waals surface area contributed by atoms with Gasteiger partial charge in [0.2, 0.25) is 5.75 Å². The van der Waals surface area contributed by atoms with E-state index in [0.717, 1.165) is 3.57 Å². The highest BCUT2D eigenvalue weighted by Crippen LogP contribution is 2.25. The molecule has 2 rings (SSSR count). The SMILES string of the molecule is COc1c(Oc2ccc(I)cc2)nc[nH]c1=O. The Hall–Kier alpha value is -1.57. The van der Waals surface area contributed by atoms with Crippen LogP contribution < -0.4 is 15.0 Å². The van der Waals surface area contributed by atoms with Crippen molar-refractivity contribution in [3.63, 3.8) is 0 Å². The second kappa shape index (κ2) is 5.17. The highest BCUT2D eigenvalue weighted by atomic mass is 127. The van der Waals surface area contributed by atoms with Crippen LogP contribution in [0.4, 0.5) is 0 Å². The summed E-state index contributed by atoms with van der Waals surface area (Å²) < 4.78 is 11.5. The van der Waals surface area contributed by atoms with Gasteiger partial charge in [-0.25, -0.2) is 4.98 Å². The second-order valence-corrected chi connectivity index (χ2v) is 4.37. The first-order valence-electron chi connectivity index (χ1n) is 4.76. The maximum Gasteiger partial charge on any atom is 0.297 e. The third-order valence-corrected chi connectivity index (χ3v) is 2.73. The number of hydrogen-bond donors (Lipinski definition) is 1. The predicted octanol–water partition coefficient (Wildman–Crippen LogP) is 2.18. The van der Waals surface area contributed by atoms with Gasteiger partial charge in [0, 0.05) is 3.57 Å². The number of nitrogens with one attached hydrogen (secondary N) is 1. The summed E-state index contributed by atoms with van der Waals surface area (Å²) >= 11 is 2.20. The first kappa shape index (κ1) is 11.9. The van der Waals surface area contributed by atoms with Crippen LogP contribution >= 0.6 is 22.6 Å². The van der Waals surface area contributed by atoms with Crippen molar-refractivity contribution in [1.29, 1.82) is 0 Å². The molecule has 0 aliphatic heterocycles. The van der Waals surface area contributed by atoms with Gasteiger partial charge >= 0.3 is 0 Å². The summed E-state index contributed by atoms with van der Waals surface area (Å²) in [4.78, 5) is 17.8. The topological polar surface area (TPSA) is 64.2 Å². The first-order valence-corrected chi connectivity index (χ1v) is 5.83. The Balaban J connectivity index is 2.33. The highest BCUT2D eigenvalue weighted by molar-refractivity contribution is 14.1. The van der Waals surface area contributed by atoms with Crippen LogP contribution in [0.25, 0.3) is 0 Å². The molecule has 17 heavy (non-hydrogen) atoms. The molecule has 0 saturated heterocycles. The molecule has 0 spiro atoms. The summed E-state index contributed by atoms with van der Waals surface area (Å²) in [6.07, 6.45) is 1.27. The number of rotatable bonds is 3. The van der Waals surface area contributed by atoms with Gasteiger partial charge < -0.3 is 14.5 Å². The van der Waals surface area contributed by atoms with Crippen molar-refractivity contribution in [1.82, 2.24) is 9.97 Å². The molecule has 0 atom stereocenters. The van der Waals surface area contributed by atoms with Crippen molar-refractivity contribution in [3.8, 4) is 17.4 Å². The minimum atomic E-state index is -0.372. The molecule has 0 aliphatic carbocycles. The van der Waals surface area contributed by atoms with E-state index in [2.05, 4.69) is 32.6 Å². The fourth-order valence-corrected chi connectivity index (χ4v) is 1.60. The zero-order valence-electron chi connectivity index (χ0n) is 8.94. The zero-order valence-corrected chi connectivity index (χ0v) is 11.1. The van der Waals surface area contributed by atoms with Crippen LogP contribution in [-0.2, 0) is 0 Å². The number of H-pyrrole nitrogens is 1. The largest absolute Gasteiger partial charge is 0.487 e. The lowest BCUT2D eigenvalue weighted by Gasteiger charge is -2.07. The van der Waals surface area contributed by atoms with Crippen LogP contribution in [0.5, 0.6) is 17.4 Å².